The molecule has 27 heavy (non-hydrogen) atoms. The van der Waals surface area contributed by atoms with Crippen molar-refractivity contribution in [3.8, 4) is 0 Å². The second-order valence-electron chi connectivity index (χ2n) is 11.9. The summed E-state index contributed by atoms with van der Waals surface area (Å²) < 4.78 is 0. The molecule has 2 heterocycles. The fourth-order valence-corrected chi connectivity index (χ4v) is 5.47. The number of piperidine rings is 1. The average Bonchev–Trinajstić information content (AvgIpc) is 3.40. The maximum atomic E-state index is 2.74. The average molecular weight is 378 g/mol. The van der Waals surface area contributed by atoms with Gasteiger partial charge in [-0.15, -0.1) is 0 Å². The van der Waals surface area contributed by atoms with Crippen molar-refractivity contribution in [2.24, 2.45) is 16.7 Å². The maximum absolute atomic E-state index is 2.74. The summed E-state index contributed by atoms with van der Waals surface area (Å²) >= 11 is 0. The van der Waals surface area contributed by atoms with Crippen molar-refractivity contribution >= 4 is 0 Å². The topological polar surface area (TPSA) is 9.72 Å². The molecule has 0 aromatic heterocycles. The maximum Gasteiger partial charge on any atom is 0.0113 e. The van der Waals surface area contributed by atoms with Crippen LogP contribution in [0.15, 0.2) is 0 Å². The Morgan fingerprint density at radius 1 is 0.741 bits per heavy atom. The first-order valence-corrected chi connectivity index (χ1v) is 11.9. The van der Waals surface area contributed by atoms with Gasteiger partial charge in [-0.1, -0.05) is 34.6 Å². The van der Waals surface area contributed by atoms with Crippen molar-refractivity contribution in [3.05, 3.63) is 0 Å². The van der Waals surface area contributed by atoms with Crippen molar-refractivity contribution in [3.63, 3.8) is 0 Å². The lowest BCUT2D eigenvalue weighted by molar-refractivity contribution is 0.0858. The van der Waals surface area contributed by atoms with Gasteiger partial charge in [-0.25, -0.2) is 0 Å². The molecule has 2 saturated heterocycles. The predicted molar refractivity (Wildman–Crippen MR) is 117 cm³/mol. The third-order valence-electron chi connectivity index (χ3n) is 7.06. The molecular formula is C24H47N3. The van der Waals surface area contributed by atoms with E-state index in [1.807, 2.05) is 0 Å². The molecular weight excluding hydrogens is 330 g/mol. The summed E-state index contributed by atoms with van der Waals surface area (Å²) in [6, 6.07) is 0.952. The van der Waals surface area contributed by atoms with Crippen molar-refractivity contribution in [1.29, 1.82) is 0 Å². The normalized spacial score (nSPS) is 25.2. The highest BCUT2D eigenvalue weighted by Gasteiger charge is 2.32. The molecule has 3 aliphatic rings. The lowest BCUT2D eigenvalue weighted by Gasteiger charge is -2.39. The van der Waals surface area contributed by atoms with Crippen molar-refractivity contribution in [2.45, 2.75) is 85.6 Å². The zero-order valence-corrected chi connectivity index (χ0v) is 19.1. The number of nitrogens with zero attached hydrogens (tertiary/aromatic N) is 3. The molecule has 0 bridgehead atoms. The highest BCUT2D eigenvalue weighted by molar-refractivity contribution is 4.88. The minimum Gasteiger partial charge on any atom is -0.303 e. The molecule has 3 heteroatoms. The SMILES string of the molecule is CC(C)(C)CC1CCN(CCCC(C)(C)CN2CCN(C3CC3)CC2)CC1. The lowest BCUT2D eigenvalue weighted by Crippen LogP contribution is -2.49. The van der Waals surface area contributed by atoms with Gasteiger partial charge in [0.05, 0.1) is 0 Å². The van der Waals surface area contributed by atoms with E-state index >= 15 is 0 Å². The van der Waals surface area contributed by atoms with Crippen LogP contribution in [-0.4, -0.2) is 73.1 Å². The van der Waals surface area contributed by atoms with Gasteiger partial charge in [0.15, 0.2) is 0 Å². The summed E-state index contributed by atoms with van der Waals surface area (Å²) in [6.07, 6.45) is 9.91. The van der Waals surface area contributed by atoms with Gasteiger partial charge in [-0.05, 0) is 81.3 Å². The van der Waals surface area contributed by atoms with Crippen LogP contribution >= 0.6 is 0 Å². The number of rotatable bonds is 8. The highest BCUT2D eigenvalue weighted by atomic mass is 15.3. The van der Waals surface area contributed by atoms with E-state index in [1.54, 1.807) is 0 Å². The summed E-state index contributed by atoms with van der Waals surface area (Å²) in [5, 5.41) is 0. The molecule has 1 saturated carbocycles. The summed E-state index contributed by atoms with van der Waals surface area (Å²) in [6.45, 7) is 22.7. The lowest BCUT2D eigenvalue weighted by atomic mass is 9.80. The Hall–Kier alpha value is -0.120. The molecule has 0 radical (unpaired) electrons. The third-order valence-corrected chi connectivity index (χ3v) is 7.06. The Bertz CT molecular complexity index is 433. The molecule has 158 valence electrons. The fraction of sp³-hybridized carbons (Fsp3) is 1.00. The number of piperazine rings is 1. The minimum absolute atomic E-state index is 0.465. The van der Waals surface area contributed by atoms with Gasteiger partial charge in [-0.2, -0.15) is 0 Å². The van der Waals surface area contributed by atoms with Crippen LogP contribution in [0.5, 0.6) is 0 Å². The predicted octanol–water partition coefficient (Wildman–Crippen LogP) is 4.72. The first kappa shape index (κ1) is 21.6. The first-order chi connectivity index (χ1) is 12.7. The van der Waals surface area contributed by atoms with E-state index in [9.17, 15) is 0 Å². The number of hydrogen-bond acceptors (Lipinski definition) is 3. The molecule has 2 aliphatic heterocycles. The number of hydrogen-bond donors (Lipinski definition) is 0. The summed E-state index contributed by atoms with van der Waals surface area (Å²) in [5.74, 6) is 0.965. The Labute approximate surface area is 169 Å². The quantitative estimate of drug-likeness (QED) is 0.606. The van der Waals surface area contributed by atoms with E-state index in [0.29, 0.717) is 10.8 Å². The van der Waals surface area contributed by atoms with Crippen LogP contribution < -0.4 is 0 Å². The molecule has 3 nitrogen and oxygen atoms in total. The summed E-state index contributed by atoms with van der Waals surface area (Å²) in [4.78, 5) is 8.20. The monoisotopic (exact) mass is 377 g/mol. The second kappa shape index (κ2) is 9.13. The van der Waals surface area contributed by atoms with Gasteiger partial charge in [0.2, 0.25) is 0 Å². The van der Waals surface area contributed by atoms with E-state index in [2.05, 4.69) is 49.3 Å². The van der Waals surface area contributed by atoms with Crippen molar-refractivity contribution < 1.29 is 0 Å². The van der Waals surface area contributed by atoms with E-state index in [-0.39, 0.29) is 0 Å². The smallest absolute Gasteiger partial charge is 0.0113 e. The Kier molecular flexibility index (Phi) is 7.30. The second-order valence-corrected chi connectivity index (χ2v) is 11.9. The molecule has 0 atom stereocenters. The van der Waals surface area contributed by atoms with Crippen LogP contribution in [0.2, 0.25) is 0 Å². The van der Waals surface area contributed by atoms with Gasteiger partial charge in [0.1, 0.15) is 0 Å². The number of likely N-dealkylation sites (tertiary alicyclic amines) is 1. The van der Waals surface area contributed by atoms with Crippen molar-refractivity contribution in [2.75, 3.05) is 52.4 Å². The van der Waals surface area contributed by atoms with E-state index in [0.717, 1.165) is 12.0 Å². The summed E-state index contributed by atoms with van der Waals surface area (Å²) in [5.41, 5.74) is 0.966. The van der Waals surface area contributed by atoms with Crippen LogP contribution in [0.25, 0.3) is 0 Å². The van der Waals surface area contributed by atoms with Gasteiger partial charge in [0.25, 0.3) is 0 Å². The molecule has 3 fully saturated rings. The molecule has 1 aliphatic carbocycles. The zero-order chi connectivity index (χ0) is 19.5. The van der Waals surface area contributed by atoms with Crippen LogP contribution in [0.4, 0.5) is 0 Å². The van der Waals surface area contributed by atoms with Crippen LogP contribution in [0.1, 0.15) is 79.6 Å². The Morgan fingerprint density at radius 3 is 1.93 bits per heavy atom. The Morgan fingerprint density at radius 2 is 1.37 bits per heavy atom. The molecule has 0 unspecified atom stereocenters. The third kappa shape index (κ3) is 7.66. The fourth-order valence-electron chi connectivity index (χ4n) is 5.47. The van der Waals surface area contributed by atoms with Crippen LogP contribution in [0.3, 0.4) is 0 Å². The van der Waals surface area contributed by atoms with E-state index in [4.69, 9.17) is 0 Å². The van der Waals surface area contributed by atoms with E-state index in [1.165, 1.54) is 97.3 Å². The molecule has 0 N–H and O–H groups in total. The molecule has 3 rings (SSSR count). The Balaban J connectivity index is 1.28. The molecule has 0 spiro atoms. The summed E-state index contributed by atoms with van der Waals surface area (Å²) in [7, 11) is 0. The minimum atomic E-state index is 0.465. The van der Waals surface area contributed by atoms with Gasteiger partial charge in [-0.3, -0.25) is 4.90 Å². The molecule has 0 aromatic carbocycles. The largest absolute Gasteiger partial charge is 0.303 e. The van der Waals surface area contributed by atoms with Gasteiger partial charge in [0, 0.05) is 38.8 Å². The van der Waals surface area contributed by atoms with Crippen molar-refractivity contribution in [1.82, 2.24) is 14.7 Å². The van der Waals surface area contributed by atoms with Crippen LogP contribution in [0, 0.1) is 16.7 Å². The molecule has 0 amide bonds. The van der Waals surface area contributed by atoms with Gasteiger partial charge < -0.3 is 9.80 Å². The van der Waals surface area contributed by atoms with E-state index < -0.39 is 0 Å². The van der Waals surface area contributed by atoms with Gasteiger partial charge >= 0.3 is 0 Å². The highest BCUT2D eigenvalue weighted by Crippen LogP contribution is 2.32. The first-order valence-electron chi connectivity index (χ1n) is 11.9. The zero-order valence-electron chi connectivity index (χ0n) is 19.1. The molecule has 0 aromatic rings. The van der Waals surface area contributed by atoms with Crippen LogP contribution in [-0.2, 0) is 0 Å². The standard InChI is InChI=1S/C24H47N3/c1-23(2,3)19-21-9-13-25(14-10-21)12-6-11-24(4,5)20-26-15-17-27(18-16-26)22-7-8-22/h21-22H,6-20H2,1-5H3.